The molecular weight excluding hydrogens is 403 g/mol. The molecule has 0 aromatic carbocycles. The predicted molar refractivity (Wildman–Crippen MR) is 101 cm³/mol. The monoisotopic (exact) mass is 434 g/mol. The van der Waals surface area contributed by atoms with Crippen molar-refractivity contribution in [1.29, 1.82) is 0 Å². The highest BCUT2D eigenvalue weighted by Gasteiger charge is 2.07. The summed E-state index contributed by atoms with van der Waals surface area (Å²) < 4.78 is 25.0. The van der Waals surface area contributed by atoms with E-state index in [2.05, 4.69) is 41.1 Å². The molecule has 0 aliphatic heterocycles. The van der Waals surface area contributed by atoms with Crippen LogP contribution >= 0.6 is 24.0 Å². The molecule has 0 rings (SSSR count). The molecule has 0 fully saturated rings. The third-order valence-electron chi connectivity index (χ3n) is 2.90. The highest BCUT2D eigenvalue weighted by molar-refractivity contribution is 14.0. The van der Waals surface area contributed by atoms with E-state index in [9.17, 15) is 8.42 Å². The number of nitrogens with zero attached hydrogens (tertiary/aromatic N) is 1. The number of nitrogens with one attached hydrogen (secondary N) is 3. The Morgan fingerprint density at radius 2 is 1.76 bits per heavy atom. The Morgan fingerprint density at radius 3 is 2.24 bits per heavy atom. The zero-order chi connectivity index (χ0) is 15.6. The first kappa shape index (κ1) is 23.2. The van der Waals surface area contributed by atoms with Crippen molar-refractivity contribution in [1.82, 2.24) is 15.4 Å². The van der Waals surface area contributed by atoms with Crippen LogP contribution in [0.2, 0.25) is 0 Å². The summed E-state index contributed by atoms with van der Waals surface area (Å²) in [6, 6.07) is 0.343. The highest BCUT2D eigenvalue weighted by atomic mass is 127. The maximum atomic E-state index is 11.3. The summed E-state index contributed by atoms with van der Waals surface area (Å²) in [6.45, 7) is 9.02. The lowest BCUT2D eigenvalue weighted by atomic mass is 10.0. The Bertz CT molecular complexity index is 386. The van der Waals surface area contributed by atoms with Gasteiger partial charge in [-0.05, 0) is 32.6 Å². The topological polar surface area (TPSA) is 82.6 Å². The second-order valence-corrected chi connectivity index (χ2v) is 7.41. The van der Waals surface area contributed by atoms with Crippen LogP contribution < -0.4 is 15.4 Å². The maximum Gasteiger partial charge on any atom is 0.211 e. The molecule has 128 valence electrons. The summed E-state index contributed by atoms with van der Waals surface area (Å²) in [5.41, 5.74) is 0. The zero-order valence-corrected chi connectivity index (χ0v) is 16.9. The van der Waals surface area contributed by atoms with E-state index in [4.69, 9.17) is 0 Å². The molecule has 0 aliphatic rings. The van der Waals surface area contributed by atoms with Crippen molar-refractivity contribution in [2.45, 2.75) is 46.6 Å². The molecule has 3 N–H and O–H groups in total. The Kier molecular flexibility index (Phi) is 13.7. The van der Waals surface area contributed by atoms with Crippen molar-refractivity contribution >= 4 is 40.0 Å². The number of aliphatic imine (C=N–C) groups is 1. The van der Waals surface area contributed by atoms with Gasteiger partial charge in [0.2, 0.25) is 10.0 Å². The van der Waals surface area contributed by atoms with Gasteiger partial charge in [-0.15, -0.1) is 24.0 Å². The van der Waals surface area contributed by atoms with Crippen molar-refractivity contribution in [3.63, 3.8) is 0 Å². The summed E-state index contributed by atoms with van der Waals surface area (Å²) in [5, 5.41) is 6.39. The molecule has 0 saturated heterocycles. The van der Waals surface area contributed by atoms with Gasteiger partial charge in [-0.25, -0.2) is 13.1 Å². The van der Waals surface area contributed by atoms with E-state index in [1.807, 2.05) is 0 Å². The maximum absolute atomic E-state index is 11.3. The molecular formula is C13H31IN4O2S. The van der Waals surface area contributed by atoms with Crippen LogP contribution in [-0.4, -0.2) is 46.3 Å². The molecule has 0 amide bonds. The Hall–Kier alpha value is -0.0900. The molecule has 6 nitrogen and oxygen atoms in total. The van der Waals surface area contributed by atoms with Crippen LogP contribution in [-0.2, 0) is 10.0 Å². The van der Waals surface area contributed by atoms with Crippen LogP contribution in [0.1, 0.15) is 40.5 Å². The van der Waals surface area contributed by atoms with Gasteiger partial charge in [0.15, 0.2) is 5.96 Å². The van der Waals surface area contributed by atoms with Crippen LogP contribution in [0.25, 0.3) is 0 Å². The van der Waals surface area contributed by atoms with E-state index < -0.39 is 10.0 Å². The molecule has 0 radical (unpaired) electrons. The standard InChI is InChI=1S/C13H30N4O2S.HI/c1-6-20(18,19)16-10-9-15-13(14-5)17-12(4)8-7-11(2)3;/h11-12,16H,6-10H2,1-5H3,(H2,14,15,17);1H. The van der Waals surface area contributed by atoms with E-state index in [1.54, 1.807) is 14.0 Å². The minimum Gasteiger partial charge on any atom is -0.355 e. The lowest BCUT2D eigenvalue weighted by molar-refractivity contribution is 0.489. The van der Waals surface area contributed by atoms with Gasteiger partial charge in [-0.1, -0.05) is 13.8 Å². The largest absolute Gasteiger partial charge is 0.355 e. The summed E-state index contributed by atoms with van der Waals surface area (Å²) in [6.07, 6.45) is 2.25. The van der Waals surface area contributed by atoms with Crippen LogP contribution in [0.5, 0.6) is 0 Å². The number of hydrogen-bond acceptors (Lipinski definition) is 3. The Morgan fingerprint density at radius 1 is 1.14 bits per heavy atom. The lowest BCUT2D eigenvalue weighted by Crippen LogP contribution is -2.45. The summed E-state index contributed by atoms with van der Waals surface area (Å²) in [4.78, 5) is 4.13. The SMILES string of the molecule is CCS(=O)(=O)NCCNC(=NC)NC(C)CCC(C)C.I. The quantitative estimate of drug-likeness (QED) is 0.223. The van der Waals surface area contributed by atoms with Crippen molar-refractivity contribution < 1.29 is 8.42 Å². The van der Waals surface area contributed by atoms with Gasteiger partial charge >= 0.3 is 0 Å². The van der Waals surface area contributed by atoms with Gasteiger partial charge in [0.25, 0.3) is 0 Å². The van der Waals surface area contributed by atoms with E-state index >= 15 is 0 Å². The summed E-state index contributed by atoms with van der Waals surface area (Å²) in [7, 11) is -1.41. The van der Waals surface area contributed by atoms with E-state index in [1.165, 1.54) is 6.42 Å². The fourth-order valence-corrected chi connectivity index (χ4v) is 2.19. The zero-order valence-electron chi connectivity index (χ0n) is 13.8. The van der Waals surface area contributed by atoms with Gasteiger partial charge in [0, 0.05) is 26.2 Å². The molecule has 21 heavy (non-hydrogen) atoms. The second kappa shape index (κ2) is 12.5. The average molecular weight is 434 g/mol. The molecule has 0 heterocycles. The Labute approximate surface area is 147 Å². The van der Waals surface area contributed by atoms with Gasteiger partial charge in [0.05, 0.1) is 5.75 Å². The molecule has 0 bridgehead atoms. The first-order valence-electron chi connectivity index (χ1n) is 7.25. The highest BCUT2D eigenvalue weighted by Crippen LogP contribution is 2.05. The van der Waals surface area contributed by atoms with Gasteiger partial charge in [0.1, 0.15) is 0 Å². The minimum atomic E-state index is -3.12. The van der Waals surface area contributed by atoms with Crippen molar-refractivity contribution in [3.05, 3.63) is 0 Å². The van der Waals surface area contributed by atoms with Crippen molar-refractivity contribution in [3.8, 4) is 0 Å². The Balaban J connectivity index is 0. The van der Waals surface area contributed by atoms with E-state index in [0.717, 1.165) is 6.42 Å². The lowest BCUT2D eigenvalue weighted by Gasteiger charge is -2.18. The minimum absolute atomic E-state index is 0. The first-order valence-corrected chi connectivity index (χ1v) is 8.90. The molecule has 0 saturated carbocycles. The van der Waals surface area contributed by atoms with Crippen molar-refractivity contribution in [2.24, 2.45) is 10.9 Å². The van der Waals surface area contributed by atoms with Gasteiger partial charge in [-0.3, -0.25) is 4.99 Å². The third kappa shape index (κ3) is 13.3. The smallest absolute Gasteiger partial charge is 0.211 e. The third-order valence-corrected chi connectivity index (χ3v) is 4.31. The van der Waals surface area contributed by atoms with E-state index in [-0.39, 0.29) is 29.7 Å². The first-order chi connectivity index (χ1) is 9.30. The van der Waals surface area contributed by atoms with Crippen LogP contribution in [0.3, 0.4) is 0 Å². The molecule has 0 aromatic rings. The second-order valence-electron chi connectivity index (χ2n) is 5.31. The molecule has 1 unspecified atom stereocenters. The number of halogens is 1. The molecule has 0 aromatic heterocycles. The fraction of sp³-hybridized carbons (Fsp3) is 0.923. The van der Waals surface area contributed by atoms with Gasteiger partial charge in [-0.2, -0.15) is 0 Å². The van der Waals surface area contributed by atoms with Gasteiger partial charge < -0.3 is 10.6 Å². The van der Waals surface area contributed by atoms with E-state index in [0.29, 0.717) is 31.0 Å². The predicted octanol–water partition coefficient (Wildman–Crippen LogP) is 1.53. The van der Waals surface area contributed by atoms with Crippen LogP contribution in [0.4, 0.5) is 0 Å². The number of sulfonamides is 1. The number of rotatable bonds is 9. The molecule has 0 spiro atoms. The van der Waals surface area contributed by atoms with Crippen LogP contribution in [0.15, 0.2) is 4.99 Å². The normalized spacial score (nSPS) is 13.7. The fourth-order valence-electron chi connectivity index (χ4n) is 1.57. The molecule has 8 heteroatoms. The molecule has 0 aliphatic carbocycles. The summed E-state index contributed by atoms with van der Waals surface area (Å²) >= 11 is 0. The number of guanidine groups is 1. The number of hydrogen-bond donors (Lipinski definition) is 3. The molecule has 1 atom stereocenters. The van der Waals surface area contributed by atoms with Crippen molar-refractivity contribution in [2.75, 3.05) is 25.9 Å². The van der Waals surface area contributed by atoms with Crippen LogP contribution in [0, 0.1) is 5.92 Å². The average Bonchev–Trinajstić information content (AvgIpc) is 2.39. The summed E-state index contributed by atoms with van der Waals surface area (Å²) in [5.74, 6) is 1.50.